The van der Waals surface area contributed by atoms with Crippen molar-refractivity contribution in [2.45, 2.75) is 19.0 Å². The van der Waals surface area contributed by atoms with Crippen LogP contribution in [0.3, 0.4) is 0 Å². The minimum Gasteiger partial charge on any atom is -0.348 e. The van der Waals surface area contributed by atoms with Gasteiger partial charge < -0.3 is 5.32 Å². The van der Waals surface area contributed by atoms with Gasteiger partial charge in [-0.15, -0.1) is 0 Å². The molecule has 1 aliphatic rings. The fraction of sp³-hybridized carbons (Fsp3) is 0.278. The molecule has 1 atom stereocenters. The van der Waals surface area contributed by atoms with Crippen molar-refractivity contribution in [3.05, 3.63) is 69.2 Å². The summed E-state index contributed by atoms with van der Waals surface area (Å²) < 4.78 is 0.851. The van der Waals surface area contributed by atoms with Gasteiger partial charge in [-0.2, -0.15) is 0 Å². The van der Waals surface area contributed by atoms with E-state index in [2.05, 4.69) is 50.4 Å². The van der Waals surface area contributed by atoms with Crippen molar-refractivity contribution < 1.29 is 4.79 Å². The van der Waals surface area contributed by atoms with Gasteiger partial charge in [0.15, 0.2) is 0 Å². The van der Waals surface area contributed by atoms with Gasteiger partial charge in [0.25, 0.3) is 5.91 Å². The predicted molar refractivity (Wildman–Crippen MR) is 96.7 cm³/mol. The molecule has 0 unspecified atom stereocenters. The lowest BCUT2D eigenvalue weighted by atomic mass is 10.2. The molecule has 23 heavy (non-hydrogen) atoms. The molecule has 1 N–H and O–H groups in total. The second-order valence-electron chi connectivity index (χ2n) is 5.80. The summed E-state index contributed by atoms with van der Waals surface area (Å²) in [4.78, 5) is 14.8. The molecule has 2 aromatic carbocycles. The highest BCUT2D eigenvalue weighted by Crippen LogP contribution is 2.21. The Hall–Kier alpha value is -1.36. The molecule has 0 aromatic heterocycles. The molecule has 120 valence electrons. The molecule has 5 heteroatoms. The van der Waals surface area contributed by atoms with Crippen LogP contribution < -0.4 is 5.32 Å². The van der Waals surface area contributed by atoms with E-state index in [1.54, 1.807) is 12.1 Å². The van der Waals surface area contributed by atoms with Gasteiger partial charge >= 0.3 is 0 Å². The van der Waals surface area contributed by atoms with E-state index in [0.717, 1.165) is 30.5 Å². The number of carbonyl (C=O) groups is 1. The summed E-state index contributed by atoms with van der Waals surface area (Å²) in [6, 6.07) is 15.9. The van der Waals surface area contributed by atoms with Crippen LogP contribution in [0.25, 0.3) is 0 Å². The summed E-state index contributed by atoms with van der Waals surface area (Å²) in [7, 11) is 0. The highest BCUT2D eigenvalue weighted by Gasteiger charge is 2.24. The van der Waals surface area contributed by atoms with Crippen molar-refractivity contribution in [3.8, 4) is 0 Å². The molecule has 0 radical (unpaired) electrons. The summed E-state index contributed by atoms with van der Waals surface area (Å²) >= 11 is 9.50. The Bertz CT molecular complexity index is 693. The van der Waals surface area contributed by atoms with E-state index < -0.39 is 0 Å². The van der Waals surface area contributed by atoms with Crippen LogP contribution in [0.15, 0.2) is 53.0 Å². The fourth-order valence-corrected chi connectivity index (χ4v) is 3.43. The van der Waals surface area contributed by atoms with Gasteiger partial charge in [0.2, 0.25) is 0 Å². The lowest BCUT2D eigenvalue weighted by molar-refractivity contribution is 0.0937. The molecule has 0 aliphatic carbocycles. The molecule has 0 saturated carbocycles. The second kappa shape index (κ2) is 7.47. The molecule has 0 bridgehead atoms. The minimum absolute atomic E-state index is 0.108. The third-order valence-electron chi connectivity index (χ3n) is 4.03. The zero-order valence-corrected chi connectivity index (χ0v) is 15.0. The van der Waals surface area contributed by atoms with Crippen molar-refractivity contribution >= 4 is 33.4 Å². The van der Waals surface area contributed by atoms with E-state index in [0.29, 0.717) is 10.6 Å². The molecule has 3 rings (SSSR count). The molecule has 1 heterocycles. The molecular weight excluding hydrogens is 376 g/mol. The number of rotatable bonds is 4. The molecule has 0 spiro atoms. The summed E-state index contributed by atoms with van der Waals surface area (Å²) in [5.41, 5.74) is 1.82. The summed E-state index contributed by atoms with van der Waals surface area (Å²) in [6.07, 6.45) is 0.962. The van der Waals surface area contributed by atoms with Crippen LogP contribution in [0.2, 0.25) is 5.02 Å². The molecule has 1 fully saturated rings. The van der Waals surface area contributed by atoms with Crippen molar-refractivity contribution in [2.75, 3.05) is 13.1 Å². The van der Waals surface area contributed by atoms with Gasteiger partial charge in [-0.3, -0.25) is 9.69 Å². The molecular formula is C18H18BrClN2O. The monoisotopic (exact) mass is 392 g/mol. The number of carbonyl (C=O) groups excluding carboxylic acids is 1. The number of likely N-dealkylation sites (tertiary alicyclic amines) is 1. The molecule has 1 aliphatic heterocycles. The Morgan fingerprint density at radius 1 is 1.26 bits per heavy atom. The zero-order valence-electron chi connectivity index (χ0n) is 12.6. The molecule has 3 nitrogen and oxygen atoms in total. The van der Waals surface area contributed by atoms with Crippen LogP contribution in [-0.2, 0) is 6.54 Å². The van der Waals surface area contributed by atoms with Gasteiger partial charge in [-0.1, -0.05) is 57.9 Å². The van der Waals surface area contributed by atoms with Gasteiger partial charge in [-0.25, -0.2) is 0 Å². The van der Waals surface area contributed by atoms with E-state index in [1.807, 2.05) is 12.1 Å². The summed E-state index contributed by atoms with van der Waals surface area (Å²) in [5.74, 6) is -0.108. The maximum absolute atomic E-state index is 12.4. The molecule has 1 amide bonds. The first-order valence-electron chi connectivity index (χ1n) is 7.64. The highest BCUT2D eigenvalue weighted by atomic mass is 79.9. The van der Waals surface area contributed by atoms with E-state index >= 15 is 0 Å². The Kier molecular flexibility index (Phi) is 5.36. The molecule has 2 aromatic rings. The predicted octanol–water partition coefficient (Wildman–Crippen LogP) is 4.11. The number of benzene rings is 2. The minimum atomic E-state index is -0.108. The second-order valence-corrected chi connectivity index (χ2v) is 7.13. The van der Waals surface area contributed by atoms with Crippen LogP contribution in [0.4, 0.5) is 0 Å². The Labute approximate surface area is 149 Å². The van der Waals surface area contributed by atoms with E-state index in [9.17, 15) is 4.79 Å². The third-order valence-corrected chi connectivity index (χ3v) is 4.85. The highest BCUT2D eigenvalue weighted by molar-refractivity contribution is 9.10. The van der Waals surface area contributed by atoms with E-state index in [4.69, 9.17) is 11.6 Å². The maximum atomic E-state index is 12.4. The van der Waals surface area contributed by atoms with Crippen LogP contribution in [0.1, 0.15) is 22.3 Å². The van der Waals surface area contributed by atoms with Gasteiger partial charge in [-0.05, 0) is 30.2 Å². The normalized spacial score (nSPS) is 18.1. The van der Waals surface area contributed by atoms with Crippen LogP contribution in [0, 0.1) is 0 Å². The molecule has 1 saturated heterocycles. The first kappa shape index (κ1) is 16.5. The van der Waals surface area contributed by atoms with Crippen molar-refractivity contribution in [3.63, 3.8) is 0 Å². The third kappa shape index (κ3) is 4.34. The quantitative estimate of drug-likeness (QED) is 0.848. The van der Waals surface area contributed by atoms with Crippen molar-refractivity contribution in [2.24, 2.45) is 0 Å². The Morgan fingerprint density at radius 2 is 2.04 bits per heavy atom. The van der Waals surface area contributed by atoms with Gasteiger partial charge in [0.1, 0.15) is 0 Å². The topological polar surface area (TPSA) is 32.3 Å². The smallest absolute Gasteiger partial charge is 0.253 e. The largest absolute Gasteiger partial charge is 0.348 e. The number of hydrogen-bond donors (Lipinski definition) is 1. The standard InChI is InChI=1S/C18H18BrClN2O/c19-14-6-7-17(20)16(10-14)18(23)21-15-8-9-22(12-15)11-13-4-2-1-3-5-13/h1-7,10,15H,8-9,11-12H2,(H,21,23)/t15-/m1/s1. The van der Waals surface area contributed by atoms with Crippen molar-refractivity contribution in [1.82, 2.24) is 10.2 Å². The number of halogens is 2. The Morgan fingerprint density at radius 3 is 2.83 bits per heavy atom. The lowest BCUT2D eigenvalue weighted by Gasteiger charge is -2.17. The van der Waals surface area contributed by atoms with E-state index in [-0.39, 0.29) is 11.9 Å². The Balaban J connectivity index is 1.57. The van der Waals surface area contributed by atoms with Crippen LogP contribution in [-0.4, -0.2) is 29.9 Å². The van der Waals surface area contributed by atoms with Crippen molar-refractivity contribution in [1.29, 1.82) is 0 Å². The first-order chi connectivity index (χ1) is 11.1. The summed E-state index contributed by atoms with van der Waals surface area (Å²) in [6.45, 7) is 2.78. The SMILES string of the molecule is O=C(N[C@@H]1CCN(Cc2ccccc2)C1)c1cc(Br)ccc1Cl. The maximum Gasteiger partial charge on any atom is 0.253 e. The lowest BCUT2D eigenvalue weighted by Crippen LogP contribution is -2.37. The summed E-state index contributed by atoms with van der Waals surface area (Å²) in [5, 5.41) is 3.57. The number of hydrogen-bond acceptors (Lipinski definition) is 2. The van der Waals surface area contributed by atoms with Crippen LogP contribution >= 0.6 is 27.5 Å². The van der Waals surface area contributed by atoms with E-state index in [1.165, 1.54) is 5.56 Å². The average molecular weight is 394 g/mol. The van der Waals surface area contributed by atoms with Crippen LogP contribution in [0.5, 0.6) is 0 Å². The fourth-order valence-electron chi connectivity index (χ4n) is 2.87. The van der Waals surface area contributed by atoms with Gasteiger partial charge in [0, 0.05) is 30.1 Å². The van der Waals surface area contributed by atoms with Gasteiger partial charge in [0.05, 0.1) is 10.6 Å². The zero-order chi connectivity index (χ0) is 16.2. The number of nitrogens with one attached hydrogen (secondary N) is 1. The first-order valence-corrected chi connectivity index (χ1v) is 8.81. The average Bonchev–Trinajstić information content (AvgIpc) is 2.97. The number of nitrogens with zero attached hydrogens (tertiary/aromatic N) is 1. The number of amides is 1.